The van der Waals surface area contributed by atoms with E-state index in [1.165, 1.54) is 41.7 Å². The number of rotatable bonds is 3. The molecule has 0 radical (unpaired) electrons. The highest BCUT2D eigenvalue weighted by Gasteiger charge is 2.36. The van der Waals surface area contributed by atoms with Crippen LogP contribution in [0.2, 0.25) is 0 Å². The van der Waals surface area contributed by atoms with Gasteiger partial charge in [0.1, 0.15) is 0 Å². The summed E-state index contributed by atoms with van der Waals surface area (Å²) in [7, 11) is 0. The summed E-state index contributed by atoms with van der Waals surface area (Å²) in [6, 6.07) is 12.7. The van der Waals surface area contributed by atoms with Gasteiger partial charge in [0.05, 0.1) is 4.88 Å². The highest BCUT2D eigenvalue weighted by molar-refractivity contribution is 7.14. The maximum absolute atomic E-state index is 13.2. The molecule has 0 unspecified atom stereocenters. The fraction of sp³-hybridized carbons (Fsp3) is 0.500. The molecule has 1 fully saturated rings. The summed E-state index contributed by atoms with van der Waals surface area (Å²) in [6.45, 7) is 2.19. The van der Waals surface area contributed by atoms with Crippen molar-refractivity contribution in [1.82, 2.24) is 4.90 Å². The van der Waals surface area contributed by atoms with E-state index in [2.05, 4.69) is 30.3 Å². The Labute approximate surface area is 160 Å². The molecule has 1 aromatic heterocycles. The van der Waals surface area contributed by atoms with E-state index < -0.39 is 0 Å². The Balaban J connectivity index is 1.52. The lowest BCUT2D eigenvalue weighted by Gasteiger charge is -2.16. The van der Waals surface area contributed by atoms with Gasteiger partial charge in [-0.2, -0.15) is 0 Å². The van der Waals surface area contributed by atoms with Crippen LogP contribution in [0.15, 0.2) is 36.4 Å². The van der Waals surface area contributed by atoms with Crippen molar-refractivity contribution in [2.24, 2.45) is 11.7 Å². The third kappa shape index (κ3) is 3.58. The summed E-state index contributed by atoms with van der Waals surface area (Å²) < 4.78 is 0. The molecule has 0 spiro atoms. The van der Waals surface area contributed by atoms with Crippen molar-refractivity contribution in [3.05, 3.63) is 57.3 Å². The number of benzene rings is 1. The van der Waals surface area contributed by atoms with Crippen molar-refractivity contribution in [3.8, 4) is 0 Å². The normalized spacial score (nSPS) is 23.3. The zero-order valence-corrected chi connectivity index (χ0v) is 16.1. The Morgan fingerprint density at radius 3 is 2.62 bits per heavy atom. The van der Waals surface area contributed by atoms with E-state index in [1.807, 2.05) is 11.0 Å². The number of carbonyl (C=O) groups excluding carboxylic acids is 1. The molecule has 4 heteroatoms. The van der Waals surface area contributed by atoms with Gasteiger partial charge in [-0.3, -0.25) is 4.79 Å². The lowest BCUT2D eigenvalue weighted by molar-refractivity contribution is 0.0791. The number of nitrogens with zero attached hydrogens (tertiary/aromatic N) is 1. The van der Waals surface area contributed by atoms with Gasteiger partial charge in [0.25, 0.3) is 5.91 Å². The summed E-state index contributed by atoms with van der Waals surface area (Å²) in [5, 5.41) is 0. The largest absolute Gasteiger partial charge is 0.337 e. The van der Waals surface area contributed by atoms with Gasteiger partial charge in [0.2, 0.25) is 0 Å². The molecule has 2 atom stereocenters. The summed E-state index contributed by atoms with van der Waals surface area (Å²) in [5.41, 5.74) is 8.77. The Morgan fingerprint density at radius 2 is 1.85 bits per heavy atom. The molecule has 2 aliphatic rings. The van der Waals surface area contributed by atoms with Crippen LogP contribution in [0.5, 0.6) is 0 Å². The van der Waals surface area contributed by atoms with Gasteiger partial charge in [0, 0.05) is 23.9 Å². The summed E-state index contributed by atoms with van der Waals surface area (Å²) in [4.78, 5) is 17.6. The number of carbonyl (C=O) groups is 1. The SMILES string of the molecule is NC[C@@H]1CN(C(=O)c2cc3c(s2)CCCCCC3)C[C@H]1c1ccccc1. The predicted octanol–water partition coefficient (Wildman–Crippen LogP) is 4.22. The molecule has 26 heavy (non-hydrogen) atoms. The average Bonchev–Trinajstić information content (AvgIpc) is 3.26. The number of fused-ring (bicyclic) bond motifs is 1. The second kappa shape index (κ2) is 7.93. The molecule has 0 bridgehead atoms. The van der Waals surface area contributed by atoms with E-state index >= 15 is 0 Å². The molecule has 4 rings (SSSR count). The molecule has 3 nitrogen and oxygen atoms in total. The standard InChI is InChI=1S/C22H28N2OS/c23-13-18-14-24(15-19(18)16-8-5-3-6-9-16)22(25)21-12-17-10-4-1-2-7-11-20(17)26-21/h3,5-6,8-9,12,18-19H,1-2,4,7,10-11,13-15,23H2/t18-,19+/m1/s1. The summed E-state index contributed by atoms with van der Waals surface area (Å²) in [5.74, 6) is 0.909. The van der Waals surface area contributed by atoms with Crippen molar-refractivity contribution in [2.75, 3.05) is 19.6 Å². The fourth-order valence-corrected chi connectivity index (χ4v) is 5.68. The number of nitrogens with two attached hydrogens (primary N) is 1. The first-order valence-corrected chi connectivity index (χ1v) is 10.7. The van der Waals surface area contributed by atoms with Gasteiger partial charge in [0.15, 0.2) is 0 Å². The van der Waals surface area contributed by atoms with Crippen LogP contribution in [0.25, 0.3) is 0 Å². The molecular formula is C22H28N2OS. The third-order valence-electron chi connectivity index (χ3n) is 5.97. The lowest BCUT2D eigenvalue weighted by atomic mass is 9.89. The van der Waals surface area contributed by atoms with Crippen LogP contribution < -0.4 is 5.73 Å². The van der Waals surface area contributed by atoms with E-state index in [-0.39, 0.29) is 5.91 Å². The van der Waals surface area contributed by atoms with E-state index in [0.717, 1.165) is 30.8 Å². The molecule has 1 aliphatic heterocycles. The van der Waals surface area contributed by atoms with Crippen LogP contribution in [0.3, 0.4) is 0 Å². The Bertz CT molecular complexity index is 729. The van der Waals surface area contributed by atoms with Crippen molar-refractivity contribution >= 4 is 17.2 Å². The first kappa shape index (κ1) is 17.7. The average molecular weight is 369 g/mol. The minimum atomic E-state index is 0.207. The Kier molecular flexibility index (Phi) is 5.41. The number of hydrogen-bond donors (Lipinski definition) is 1. The van der Waals surface area contributed by atoms with Crippen LogP contribution in [0.1, 0.15) is 57.3 Å². The zero-order valence-electron chi connectivity index (χ0n) is 15.3. The van der Waals surface area contributed by atoms with Crippen LogP contribution in [0.4, 0.5) is 0 Å². The molecule has 2 heterocycles. The van der Waals surface area contributed by atoms with Crippen LogP contribution in [-0.2, 0) is 12.8 Å². The van der Waals surface area contributed by atoms with Gasteiger partial charge in [-0.15, -0.1) is 11.3 Å². The van der Waals surface area contributed by atoms with E-state index in [1.54, 1.807) is 11.3 Å². The topological polar surface area (TPSA) is 46.3 Å². The number of aryl methyl sites for hydroxylation is 2. The van der Waals surface area contributed by atoms with Gasteiger partial charge < -0.3 is 10.6 Å². The van der Waals surface area contributed by atoms with Crippen LogP contribution in [0, 0.1) is 5.92 Å². The Hall–Kier alpha value is -1.65. The van der Waals surface area contributed by atoms with E-state index in [4.69, 9.17) is 5.73 Å². The van der Waals surface area contributed by atoms with Crippen molar-refractivity contribution in [3.63, 3.8) is 0 Å². The summed E-state index contributed by atoms with van der Waals surface area (Å²) >= 11 is 1.74. The highest BCUT2D eigenvalue weighted by atomic mass is 32.1. The molecule has 0 saturated carbocycles. The van der Waals surface area contributed by atoms with Crippen LogP contribution >= 0.6 is 11.3 Å². The first-order valence-electron chi connectivity index (χ1n) is 9.92. The van der Waals surface area contributed by atoms with E-state index in [9.17, 15) is 4.79 Å². The number of likely N-dealkylation sites (tertiary alicyclic amines) is 1. The number of thiophene rings is 1. The molecule has 2 aromatic rings. The van der Waals surface area contributed by atoms with Gasteiger partial charge >= 0.3 is 0 Å². The Morgan fingerprint density at radius 1 is 1.08 bits per heavy atom. The maximum atomic E-state index is 13.2. The molecule has 1 aliphatic carbocycles. The molecule has 1 amide bonds. The number of amides is 1. The monoisotopic (exact) mass is 368 g/mol. The van der Waals surface area contributed by atoms with Crippen LogP contribution in [-0.4, -0.2) is 30.4 Å². The van der Waals surface area contributed by atoms with Gasteiger partial charge in [-0.25, -0.2) is 0 Å². The molecular weight excluding hydrogens is 340 g/mol. The van der Waals surface area contributed by atoms with Gasteiger partial charge in [-0.1, -0.05) is 43.2 Å². The molecule has 1 saturated heterocycles. The molecule has 2 N–H and O–H groups in total. The third-order valence-corrected chi connectivity index (χ3v) is 7.19. The smallest absolute Gasteiger partial charge is 0.263 e. The van der Waals surface area contributed by atoms with Crippen molar-refractivity contribution < 1.29 is 4.79 Å². The lowest BCUT2D eigenvalue weighted by Crippen LogP contribution is -2.29. The molecule has 1 aromatic carbocycles. The van der Waals surface area contributed by atoms with Crippen molar-refractivity contribution in [2.45, 2.75) is 44.4 Å². The van der Waals surface area contributed by atoms with E-state index in [0.29, 0.717) is 18.4 Å². The molecule has 138 valence electrons. The first-order chi connectivity index (χ1) is 12.8. The fourth-order valence-electron chi connectivity index (χ4n) is 4.46. The minimum absolute atomic E-state index is 0.207. The highest BCUT2D eigenvalue weighted by Crippen LogP contribution is 2.35. The predicted molar refractivity (Wildman–Crippen MR) is 108 cm³/mol. The quantitative estimate of drug-likeness (QED) is 0.881. The minimum Gasteiger partial charge on any atom is -0.337 e. The summed E-state index contributed by atoms with van der Waals surface area (Å²) in [6.07, 6.45) is 7.44. The number of hydrogen-bond acceptors (Lipinski definition) is 3. The van der Waals surface area contributed by atoms with Crippen molar-refractivity contribution in [1.29, 1.82) is 0 Å². The second-order valence-electron chi connectivity index (χ2n) is 7.70. The van der Waals surface area contributed by atoms with Gasteiger partial charge in [-0.05, 0) is 55.3 Å². The maximum Gasteiger partial charge on any atom is 0.263 e. The zero-order chi connectivity index (χ0) is 17.9. The second-order valence-corrected chi connectivity index (χ2v) is 8.83.